The standard InChI is InChI=1S/C18H30N2O/c1-7-9-20-16(14-12-19-10-8-13(14)2)15-11-17(3,4)21-18(15,5)6/h8,10,12,15-16,20H,7,9,11H2,1-6H3. The summed E-state index contributed by atoms with van der Waals surface area (Å²) >= 11 is 0. The van der Waals surface area contributed by atoms with Crippen molar-refractivity contribution in [1.82, 2.24) is 10.3 Å². The molecule has 2 atom stereocenters. The molecule has 2 heterocycles. The molecule has 0 amide bonds. The number of pyridine rings is 1. The Morgan fingerprint density at radius 1 is 1.38 bits per heavy atom. The Labute approximate surface area is 129 Å². The second-order valence-corrected chi connectivity index (χ2v) is 7.44. The SMILES string of the molecule is CCCNC(c1cnccc1C)C1CC(C)(C)OC1(C)C. The first-order valence-electron chi connectivity index (χ1n) is 8.11. The van der Waals surface area contributed by atoms with Gasteiger partial charge in [0, 0.05) is 24.4 Å². The molecule has 0 aromatic carbocycles. The van der Waals surface area contributed by atoms with Crippen molar-refractivity contribution in [3.8, 4) is 0 Å². The zero-order chi connectivity index (χ0) is 15.7. The maximum Gasteiger partial charge on any atom is 0.0681 e. The van der Waals surface area contributed by atoms with E-state index in [9.17, 15) is 0 Å². The fraction of sp³-hybridized carbons (Fsp3) is 0.722. The van der Waals surface area contributed by atoms with Gasteiger partial charge in [-0.05, 0) is 71.2 Å². The molecule has 1 aliphatic rings. The molecule has 2 unspecified atom stereocenters. The molecule has 1 fully saturated rings. The fourth-order valence-corrected chi connectivity index (χ4v) is 3.69. The van der Waals surface area contributed by atoms with Crippen molar-refractivity contribution in [1.29, 1.82) is 0 Å². The highest BCUT2D eigenvalue weighted by atomic mass is 16.5. The number of aromatic nitrogens is 1. The Morgan fingerprint density at radius 2 is 2.10 bits per heavy atom. The van der Waals surface area contributed by atoms with Crippen molar-refractivity contribution in [2.45, 2.75) is 71.6 Å². The first kappa shape index (κ1) is 16.4. The zero-order valence-corrected chi connectivity index (χ0v) is 14.4. The largest absolute Gasteiger partial charge is 0.369 e. The van der Waals surface area contributed by atoms with Crippen LogP contribution in [0.15, 0.2) is 18.5 Å². The Balaban J connectivity index is 2.35. The van der Waals surface area contributed by atoms with Crippen LogP contribution >= 0.6 is 0 Å². The van der Waals surface area contributed by atoms with Crippen LogP contribution in [0.3, 0.4) is 0 Å². The van der Waals surface area contributed by atoms with Gasteiger partial charge >= 0.3 is 0 Å². The van der Waals surface area contributed by atoms with E-state index in [0.29, 0.717) is 12.0 Å². The van der Waals surface area contributed by atoms with Gasteiger partial charge < -0.3 is 10.1 Å². The Morgan fingerprint density at radius 3 is 2.62 bits per heavy atom. The van der Waals surface area contributed by atoms with Crippen molar-refractivity contribution < 1.29 is 4.74 Å². The van der Waals surface area contributed by atoms with Gasteiger partial charge in [-0.2, -0.15) is 0 Å². The molecule has 3 heteroatoms. The van der Waals surface area contributed by atoms with Crippen LogP contribution in [0.4, 0.5) is 0 Å². The molecule has 21 heavy (non-hydrogen) atoms. The lowest BCUT2D eigenvalue weighted by atomic mass is 9.78. The predicted molar refractivity (Wildman–Crippen MR) is 87.4 cm³/mol. The van der Waals surface area contributed by atoms with Gasteiger partial charge in [-0.15, -0.1) is 0 Å². The first-order valence-corrected chi connectivity index (χ1v) is 8.11. The van der Waals surface area contributed by atoms with E-state index in [1.54, 1.807) is 0 Å². The first-order chi connectivity index (χ1) is 9.77. The van der Waals surface area contributed by atoms with Crippen molar-refractivity contribution in [3.05, 3.63) is 29.6 Å². The second-order valence-electron chi connectivity index (χ2n) is 7.44. The molecule has 3 nitrogen and oxygen atoms in total. The Bertz CT molecular complexity index is 482. The van der Waals surface area contributed by atoms with Gasteiger partial charge in [-0.3, -0.25) is 4.98 Å². The van der Waals surface area contributed by atoms with Gasteiger partial charge in [0.1, 0.15) is 0 Å². The molecular formula is C18H30N2O. The number of nitrogens with one attached hydrogen (secondary N) is 1. The molecule has 118 valence electrons. The summed E-state index contributed by atoms with van der Waals surface area (Å²) in [4.78, 5) is 4.35. The summed E-state index contributed by atoms with van der Waals surface area (Å²) in [6.07, 6.45) is 6.09. The average Bonchev–Trinajstić information content (AvgIpc) is 2.60. The van der Waals surface area contributed by atoms with Crippen LogP contribution in [-0.4, -0.2) is 22.7 Å². The summed E-state index contributed by atoms with van der Waals surface area (Å²) in [5, 5.41) is 3.74. The summed E-state index contributed by atoms with van der Waals surface area (Å²) in [6, 6.07) is 2.40. The summed E-state index contributed by atoms with van der Waals surface area (Å²) in [5.74, 6) is 0.446. The number of hydrogen-bond donors (Lipinski definition) is 1. The molecule has 1 aliphatic heterocycles. The van der Waals surface area contributed by atoms with Crippen molar-refractivity contribution in [2.24, 2.45) is 5.92 Å². The number of aryl methyl sites for hydroxylation is 1. The Hall–Kier alpha value is -0.930. The Kier molecular flexibility index (Phi) is 4.74. The summed E-state index contributed by atoms with van der Waals surface area (Å²) < 4.78 is 6.31. The molecule has 0 radical (unpaired) electrons. The molecule has 0 aliphatic carbocycles. The number of rotatable bonds is 5. The third kappa shape index (κ3) is 3.64. The van der Waals surface area contributed by atoms with Crippen LogP contribution in [0.5, 0.6) is 0 Å². The highest BCUT2D eigenvalue weighted by Gasteiger charge is 2.49. The number of hydrogen-bond acceptors (Lipinski definition) is 3. The fourth-order valence-electron chi connectivity index (χ4n) is 3.69. The smallest absolute Gasteiger partial charge is 0.0681 e. The van der Waals surface area contributed by atoms with Gasteiger partial charge in [-0.1, -0.05) is 6.92 Å². The van der Waals surface area contributed by atoms with Crippen molar-refractivity contribution in [3.63, 3.8) is 0 Å². The minimum absolute atomic E-state index is 0.0591. The van der Waals surface area contributed by atoms with Gasteiger partial charge in [0.25, 0.3) is 0 Å². The zero-order valence-electron chi connectivity index (χ0n) is 14.4. The normalized spacial score (nSPS) is 25.0. The van der Waals surface area contributed by atoms with Gasteiger partial charge in [0.05, 0.1) is 11.2 Å². The van der Waals surface area contributed by atoms with Crippen LogP contribution in [-0.2, 0) is 4.74 Å². The number of nitrogens with zero attached hydrogens (tertiary/aromatic N) is 1. The van der Waals surface area contributed by atoms with Crippen molar-refractivity contribution in [2.75, 3.05) is 6.54 Å². The number of ether oxygens (including phenoxy) is 1. The molecule has 1 N–H and O–H groups in total. The highest BCUT2D eigenvalue weighted by molar-refractivity contribution is 5.27. The van der Waals surface area contributed by atoms with E-state index in [4.69, 9.17) is 4.74 Å². The lowest BCUT2D eigenvalue weighted by molar-refractivity contribution is -0.0778. The van der Waals surface area contributed by atoms with Crippen LogP contribution < -0.4 is 5.32 Å². The van der Waals surface area contributed by atoms with Crippen LogP contribution in [0.2, 0.25) is 0 Å². The molecule has 2 rings (SSSR count). The summed E-state index contributed by atoms with van der Waals surface area (Å²) in [6.45, 7) is 14.2. The van der Waals surface area contributed by atoms with E-state index >= 15 is 0 Å². The third-order valence-corrected chi connectivity index (χ3v) is 4.58. The molecule has 0 bridgehead atoms. The molecule has 1 aromatic rings. The lowest BCUT2D eigenvalue weighted by Gasteiger charge is -2.34. The minimum Gasteiger partial charge on any atom is -0.369 e. The van der Waals surface area contributed by atoms with E-state index in [0.717, 1.165) is 19.4 Å². The third-order valence-electron chi connectivity index (χ3n) is 4.58. The van der Waals surface area contributed by atoms with E-state index in [-0.39, 0.29) is 11.2 Å². The van der Waals surface area contributed by atoms with Gasteiger partial charge in [-0.25, -0.2) is 0 Å². The van der Waals surface area contributed by atoms with E-state index in [1.807, 2.05) is 12.4 Å². The van der Waals surface area contributed by atoms with Gasteiger partial charge in [0.2, 0.25) is 0 Å². The van der Waals surface area contributed by atoms with Crippen LogP contribution in [0, 0.1) is 12.8 Å². The molecule has 0 saturated carbocycles. The van der Waals surface area contributed by atoms with E-state index in [1.165, 1.54) is 11.1 Å². The summed E-state index contributed by atoms with van der Waals surface area (Å²) in [5.41, 5.74) is 2.43. The highest BCUT2D eigenvalue weighted by Crippen LogP contribution is 2.47. The van der Waals surface area contributed by atoms with Crippen molar-refractivity contribution >= 4 is 0 Å². The minimum atomic E-state index is -0.128. The maximum absolute atomic E-state index is 6.31. The average molecular weight is 290 g/mol. The quantitative estimate of drug-likeness (QED) is 0.889. The topological polar surface area (TPSA) is 34.2 Å². The molecule has 1 aromatic heterocycles. The molecular weight excluding hydrogens is 260 g/mol. The molecule has 1 saturated heterocycles. The van der Waals surface area contributed by atoms with E-state index in [2.05, 4.69) is 57.9 Å². The monoisotopic (exact) mass is 290 g/mol. The van der Waals surface area contributed by atoms with Crippen LogP contribution in [0.25, 0.3) is 0 Å². The predicted octanol–water partition coefficient (Wildman–Crippen LogP) is 4.02. The van der Waals surface area contributed by atoms with E-state index < -0.39 is 0 Å². The maximum atomic E-state index is 6.31. The van der Waals surface area contributed by atoms with Gasteiger partial charge in [0.15, 0.2) is 0 Å². The molecule has 0 spiro atoms. The van der Waals surface area contributed by atoms with Crippen LogP contribution in [0.1, 0.15) is 64.6 Å². The second kappa shape index (κ2) is 6.05. The lowest BCUT2D eigenvalue weighted by Crippen LogP contribution is -2.39. The summed E-state index contributed by atoms with van der Waals surface area (Å²) in [7, 11) is 0.